The molecule has 8 heteroatoms. The fourth-order valence-corrected chi connectivity index (χ4v) is 4.53. The first kappa shape index (κ1) is 17.2. The second kappa shape index (κ2) is 6.83. The van der Waals surface area contributed by atoms with Crippen LogP contribution in [0.4, 0.5) is 5.13 Å². The molecular formula is C18H15ClN4OS2. The quantitative estimate of drug-likeness (QED) is 0.515. The summed E-state index contributed by atoms with van der Waals surface area (Å²) < 4.78 is 1.93. The van der Waals surface area contributed by atoms with E-state index >= 15 is 0 Å². The van der Waals surface area contributed by atoms with Crippen LogP contribution < -0.4 is 5.32 Å². The van der Waals surface area contributed by atoms with Crippen LogP contribution in [-0.2, 0) is 6.54 Å². The van der Waals surface area contributed by atoms with Crippen molar-refractivity contribution in [3.05, 3.63) is 62.6 Å². The number of hydrogen-bond donors (Lipinski definition) is 1. The standard InChI is InChI=1S/C18H15ClN4OS2/c1-10-9-25-18(20-10)21-16(24)15-7-14-11(2)22-23(17(14)26-15)8-12-3-5-13(19)6-4-12/h3-7,9H,8H2,1-2H3,(H,20,21,24). The number of fused-ring (bicyclic) bond motifs is 1. The number of aryl methyl sites for hydroxylation is 2. The Morgan fingerprint density at radius 1 is 1.27 bits per heavy atom. The molecule has 0 aliphatic carbocycles. The molecule has 0 aliphatic heterocycles. The van der Waals surface area contributed by atoms with Crippen LogP contribution >= 0.6 is 34.3 Å². The molecule has 0 spiro atoms. The predicted octanol–water partition coefficient (Wildman–Crippen LogP) is 5.13. The van der Waals surface area contributed by atoms with Crippen molar-refractivity contribution in [3.63, 3.8) is 0 Å². The molecule has 4 aromatic rings. The zero-order valence-electron chi connectivity index (χ0n) is 14.1. The molecule has 1 aromatic carbocycles. The van der Waals surface area contributed by atoms with Crippen LogP contribution in [-0.4, -0.2) is 20.7 Å². The summed E-state index contributed by atoms with van der Waals surface area (Å²) in [4.78, 5) is 18.4. The number of thiazole rings is 1. The van der Waals surface area contributed by atoms with Gasteiger partial charge in [0.1, 0.15) is 4.83 Å². The van der Waals surface area contributed by atoms with Gasteiger partial charge in [0.15, 0.2) is 5.13 Å². The van der Waals surface area contributed by atoms with Crippen LogP contribution in [0, 0.1) is 13.8 Å². The van der Waals surface area contributed by atoms with Gasteiger partial charge in [0.2, 0.25) is 0 Å². The summed E-state index contributed by atoms with van der Waals surface area (Å²) in [7, 11) is 0. The minimum Gasteiger partial charge on any atom is -0.297 e. The van der Waals surface area contributed by atoms with E-state index in [1.165, 1.54) is 22.7 Å². The Hall–Kier alpha value is -2.22. The van der Waals surface area contributed by atoms with Crippen molar-refractivity contribution >= 4 is 55.5 Å². The maximum atomic E-state index is 12.5. The lowest BCUT2D eigenvalue weighted by Gasteiger charge is -2.03. The minimum absolute atomic E-state index is 0.141. The van der Waals surface area contributed by atoms with Gasteiger partial charge < -0.3 is 0 Å². The summed E-state index contributed by atoms with van der Waals surface area (Å²) in [5.74, 6) is -0.141. The van der Waals surface area contributed by atoms with Crippen LogP contribution in [0.15, 0.2) is 35.7 Å². The van der Waals surface area contributed by atoms with E-state index < -0.39 is 0 Å². The van der Waals surface area contributed by atoms with Gasteiger partial charge in [-0.05, 0) is 37.6 Å². The summed E-state index contributed by atoms with van der Waals surface area (Å²) >= 11 is 8.82. The molecule has 0 unspecified atom stereocenters. The lowest BCUT2D eigenvalue weighted by atomic mass is 10.2. The van der Waals surface area contributed by atoms with E-state index in [0.717, 1.165) is 27.2 Å². The topological polar surface area (TPSA) is 59.8 Å². The van der Waals surface area contributed by atoms with Crippen molar-refractivity contribution in [2.24, 2.45) is 0 Å². The SMILES string of the molecule is Cc1csc(NC(=O)c2cc3c(C)nn(Cc4ccc(Cl)cc4)c3s2)n1. The van der Waals surface area contributed by atoms with Crippen molar-refractivity contribution in [3.8, 4) is 0 Å². The van der Waals surface area contributed by atoms with E-state index in [9.17, 15) is 4.79 Å². The van der Waals surface area contributed by atoms with E-state index in [1.54, 1.807) is 0 Å². The minimum atomic E-state index is -0.141. The van der Waals surface area contributed by atoms with E-state index in [-0.39, 0.29) is 5.91 Å². The number of hydrogen-bond acceptors (Lipinski definition) is 5. The molecule has 5 nitrogen and oxygen atoms in total. The first-order valence-corrected chi connectivity index (χ1v) is 10.0. The lowest BCUT2D eigenvalue weighted by molar-refractivity contribution is 0.103. The number of carbonyl (C=O) groups is 1. The number of rotatable bonds is 4. The number of amides is 1. The van der Waals surface area contributed by atoms with Gasteiger partial charge in [0.25, 0.3) is 5.91 Å². The first-order valence-electron chi connectivity index (χ1n) is 7.94. The van der Waals surface area contributed by atoms with Crippen LogP contribution in [0.2, 0.25) is 5.02 Å². The third kappa shape index (κ3) is 3.38. The van der Waals surface area contributed by atoms with Gasteiger partial charge in [-0.2, -0.15) is 5.10 Å². The van der Waals surface area contributed by atoms with Crippen molar-refractivity contribution in [2.75, 3.05) is 5.32 Å². The monoisotopic (exact) mass is 402 g/mol. The molecule has 26 heavy (non-hydrogen) atoms. The Kier molecular flexibility index (Phi) is 4.52. The molecule has 0 fully saturated rings. The highest BCUT2D eigenvalue weighted by Crippen LogP contribution is 2.30. The smallest absolute Gasteiger partial charge is 0.267 e. The highest BCUT2D eigenvalue weighted by molar-refractivity contribution is 7.20. The number of benzene rings is 1. The molecular weight excluding hydrogens is 388 g/mol. The van der Waals surface area contributed by atoms with Gasteiger partial charge in [-0.1, -0.05) is 23.7 Å². The normalized spacial score (nSPS) is 11.2. The molecule has 0 bridgehead atoms. The lowest BCUT2D eigenvalue weighted by Crippen LogP contribution is -2.09. The molecule has 0 saturated carbocycles. The number of aromatic nitrogens is 3. The molecule has 4 rings (SSSR count). The van der Waals surface area contributed by atoms with E-state index in [1.807, 2.05) is 54.2 Å². The molecule has 1 amide bonds. The number of halogens is 1. The Morgan fingerprint density at radius 2 is 2.04 bits per heavy atom. The summed E-state index contributed by atoms with van der Waals surface area (Å²) in [5, 5.41) is 11.7. The number of nitrogens with one attached hydrogen (secondary N) is 1. The maximum Gasteiger partial charge on any atom is 0.267 e. The summed E-state index contributed by atoms with van der Waals surface area (Å²) in [5.41, 5.74) is 2.92. The fraction of sp³-hybridized carbons (Fsp3) is 0.167. The number of carbonyl (C=O) groups excluding carboxylic acids is 1. The second-order valence-electron chi connectivity index (χ2n) is 5.95. The summed E-state index contributed by atoms with van der Waals surface area (Å²) in [6, 6.07) is 9.60. The number of thiophene rings is 1. The highest BCUT2D eigenvalue weighted by atomic mass is 35.5. The summed E-state index contributed by atoms with van der Waals surface area (Å²) in [6.45, 7) is 4.49. The number of nitrogens with zero attached hydrogens (tertiary/aromatic N) is 3. The van der Waals surface area contributed by atoms with Gasteiger partial charge in [0.05, 0.1) is 22.8 Å². The Morgan fingerprint density at radius 3 is 2.73 bits per heavy atom. The zero-order chi connectivity index (χ0) is 18.3. The second-order valence-corrected chi connectivity index (χ2v) is 8.27. The Bertz CT molecular complexity index is 1090. The van der Waals surface area contributed by atoms with Crippen molar-refractivity contribution < 1.29 is 4.79 Å². The van der Waals surface area contributed by atoms with E-state index in [2.05, 4.69) is 15.4 Å². The van der Waals surface area contributed by atoms with Gasteiger partial charge in [-0.15, -0.1) is 22.7 Å². The van der Waals surface area contributed by atoms with Gasteiger partial charge in [0, 0.05) is 15.8 Å². The van der Waals surface area contributed by atoms with Crippen LogP contribution in [0.5, 0.6) is 0 Å². The zero-order valence-corrected chi connectivity index (χ0v) is 16.5. The highest BCUT2D eigenvalue weighted by Gasteiger charge is 2.17. The fourth-order valence-electron chi connectivity index (χ4n) is 2.66. The summed E-state index contributed by atoms with van der Waals surface area (Å²) in [6.07, 6.45) is 0. The van der Waals surface area contributed by atoms with Crippen molar-refractivity contribution in [1.29, 1.82) is 0 Å². The maximum absolute atomic E-state index is 12.5. The van der Waals surface area contributed by atoms with E-state index in [4.69, 9.17) is 11.6 Å². The van der Waals surface area contributed by atoms with Crippen LogP contribution in [0.1, 0.15) is 26.6 Å². The van der Waals surface area contributed by atoms with Crippen LogP contribution in [0.25, 0.3) is 10.2 Å². The largest absolute Gasteiger partial charge is 0.297 e. The molecule has 3 aromatic heterocycles. The van der Waals surface area contributed by atoms with Crippen LogP contribution in [0.3, 0.4) is 0 Å². The molecule has 0 atom stereocenters. The number of anilines is 1. The van der Waals surface area contributed by atoms with Gasteiger partial charge in [-0.25, -0.2) is 4.98 Å². The van der Waals surface area contributed by atoms with E-state index in [0.29, 0.717) is 21.6 Å². The average molecular weight is 403 g/mol. The molecule has 0 saturated heterocycles. The molecule has 0 radical (unpaired) electrons. The third-order valence-corrected chi connectivity index (χ3v) is 6.19. The van der Waals surface area contributed by atoms with Gasteiger partial charge in [-0.3, -0.25) is 14.8 Å². The van der Waals surface area contributed by atoms with Crippen molar-refractivity contribution in [1.82, 2.24) is 14.8 Å². The first-order chi connectivity index (χ1) is 12.5. The predicted molar refractivity (Wildman–Crippen MR) is 108 cm³/mol. The molecule has 132 valence electrons. The molecule has 3 heterocycles. The average Bonchev–Trinajstić information content (AvgIpc) is 3.28. The third-order valence-electron chi connectivity index (χ3n) is 3.92. The molecule has 0 aliphatic rings. The van der Waals surface area contributed by atoms with Gasteiger partial charge >= 0.3 is 0 Å². The Labute approximate surface area is 163 Å². The molecule has 1 N–H and O–H groups in total. The van der Waals surface area contributed by atoms with Crippen molar-refractivity contribution in [2.45, 2.75) is 20.4 Å². The Balaban J connectivity index is 1.62.